The molecule has 0 amide bonds. The molecule has 2 bridgehead atoms. The molecule has 0 atom stereocenters. The normalized spacial score (nSPS) is 24.6. The van der Waals surface area contributed by atoms with Crippen molar-refractivity contribution < 1.29 is 0 Å². The highest BCUT2D eigenvalue weighted by molar-refractivity contribution is 5.85. The number of hydrogen-bond donors (Lipinski definition) is 0. The molecule has 2 aromatic carbocycles. The first kappa shape index (κ1) is 14.6. The fraction of sp³-hybridized carbons (Fsp3) is 0.368. The standard InChI is InChI=1S/C19H21N.ClH/c1-3-20(2)13-19-12-16(14-8-4-6-10-17(14)19)15-9-5-7-11-18(15)19;/h4-11,16H,3,12-13H2,1-2H3;1H. The Balaban J connectivity index is 0.00000132. The Hall–Kier alpha value is -1.31. The monoisotopic (exact) mass is 299 g/mol. The zero-order valence-electron chi connectivity index (χ0n) is 12.7. The molecular weight excluding hydrogens is 278 g/mol. The highest BCUT2D eigenvalue weighted by Gasteiger charge is 2.52. The smallest absolute Gasteiger partial charge is 0.0344 e. The largest absolute Gasteiger partial charge is 0.305 e. The van der Waals surface area contributed by atoms with E-state index in [2.05, 4.69) is 67.4 Å². The minimum atomic E-state index is 0. The van der Waals surface area contributed by atoms with E-state index in [0.29, 0.717) is 5.92 Å². The maximum atomic E-state index is 2.46. The van der Waals surface area contributed by atoms with Gasteiger partial charge in [-0.3, -0.25) is 0 Å². The fourth-order valence-electron chi connectivity index (χ4n) is 4.38. The van der Waals surface area contributed by atoms with Gasteiger partial charge in [-0.2, -0.15) is 0 Å². The van der Waals surface area contributed by atoms with Gasteiger partial charge in [0.05, 0.1) is 0 Å². The van der Waals surface area contributed by atoms with Crippen LogP contribution in [-0.4, -0.2) is 25.0 Å². The Morgan fingerprint density at radius 2 is 1.52 bits per heavy atom. The maximum Gasteiger partial charge on any atom is 0.0344 e. The summed E-state index contributed by atoms with van der Waals surface area (Å²) < 4.78 is 0. The molecule has 0 radical (unpaired) electrons. The minimum Gasteiger partial charge on any atom is -0.305 e. The molecule has 0 spiro atoms. The van der Waals surface area contributed by atoms with Gasteiger partial charge in [-0.1, -0.05) is 55.5 Å². The molecule has 21 heavy (non-hydrogen) atoms. The Morgan fingerprint density at radius 3 is 2.05 bits per heavy atom. The average molecular weight is 300 g/mol. The molecule has 2 heteroatoms. The predicted molar refractivity (Wildman–Crippen MR) is 90.5 cm³/mol. The zero-order valence-corrected chi connectivity index (χ0v) is 13.5. The number of rotatable bonds is 3. The van der Waals surface area contributed by atoms with Crippen molar-refractivity contribution in [1.82, 2.24) is 4.90 Å². The molecular formula is C19H22ClN. The van der Waals surface area contributed by atoms with Gasteiger partial charge in [-0.15, -0.1) is 12.4 Å². The van der Waals surface area contributed by atoms with Crippen molar-refractivity contribution in [3.63, 3.8) is 0 Å². The lowest BCUT2D eigenvalue weighted by atomic mass is 9.75. The van der Waals surface area contributed by atoms with Crippen molar-refractivity contribution in [2.75, 3.05) is 20.1 Å². The predicted octanol–water partition coefficient (Wildman–Crippen LogP) is 4.20. The van der Waals surface area contributed by atoms with Crippen LogP contribution in [-0.2, 0) is 5.41 Å². The van der Waals surface area contributed by atoms with Gasteiger partial charge in [0.15, 0.2) is 0 Å². The number of benzene rings is 2. The topological polar surface area (TPSA) is 3.24 Å². The first-order valence-corrected chi connectivity index (χ1v) is 7.63. The van der Waals surface area contributed by atoms with Gasteiger partial charge in [0.25, 0.3) is 0 Å². The van der Waals surface area contributed by atoms with Gasteiger partial charge in [-0.25, -0.2) is 0 Å². The minimum absolute atomic E-state index is 0. The molecule has 0 saturated carbocycles. The molecule has 0 unspecified atom stereocenters. The Kier molecular flexibility index (Phi) is 3.59. The van der Waals surface area contributed by atoms with Crippen molar-refractivity contribution in [3.8, 4) is 0 Å². The van der Waals surface area contributed by atoms with E-state index >= 15 is 0 Å². The zero-order chi connectivity index (χ0) is 13.7. The summed E-state index contributed by atoms with van der Waals surface area (Å²) in [7, 11) is 2.24. The molecule has 2 aromatic rings. The van der Waals surface area contributed by atoms with E-state index in [1.54, 1.807) is 22.3 Å². The lowest BCUT2D eigenvalue weighted by molar-refractivity contribution is 0.285. The average Bonchev–Trinajstić information content (AvgIpc) is 3.00. The van der Waals surface area contributed by atoms with Crippen molar-refractivity contribution >= 4 is 12.4 Å². The van der Waals surface area contributed by atoms with Crippen molar-refractivity contribution in [1.29, 1.82) is 0 Å². The second kappa shape index (κ2) is 5.15. The number of fused-ring (bicyclic) bond motifs is 8. The van der Waals surface area contributed by atoms with Crippen LogP contribution in [0.15, 0.2) is 48.5 Å². The number of nitrogens with zero attached hydrogens (tertiary/aromatic N) is 1. The SMILES string of the molecule is CCN(C)CC12CC(c3ccccc31)c1ccccc12.Cl. The van der Waals surface area contributed by atoms with E-state index in [-0.39, 0.29) is 17.8 Å². The quantitative estimate of drug-likeness (QED) is 0.821. The van der Waals surface area contributed by atoms with E-state index in [1.807, 2.05) is 0 Å². The number of hydrogen-bond acceptors (Lipinski definition) is 1. The first-order chi connectivity index (χ1) is 9.76. The second-order valence-corrected chi connectivity index (χ2v) is 6.34. The molecule has 0 heterocycles. The lowest BCUT2D eigenvalue weighted by Gasteiger charge is -2.34. The number of halogens is 1. The summed E-state index contributed by atoms with van der Waals surface area (Å²) in [5.74, 6) is 0.618. The molecule has 4 rings (SSSR count). The van der Waals surface area contributed by atoms with Gasteiger partial charge in [-0.05, 0) is 42.3 Å². The Labute approximate surface area is 133 Å². The third-order valence-electron chi connectivity index (χ3n) is 5.34. The van der Waals surface area contributed by atoms with Crippen LogP contribution in [0.25, 0.3) is 0 Å². The van der Waals surface area contributed by atoms with Gasteiger partial charge < -0.3 is 4.90 Å². The fourth-order valence-corrected chi connectivity index (χ4v) is 4.38. The van der Waals surface area contributed by atoms with Gasteiger partial charge in [0.2, 0.25) is 0 Å². The van der Waals surface area contributed by atoms with Crippen LogP contribution >= 0.6 is 12.4 Å². The highest BCUT2D eigenvalue weighted by atomic mass is 35.5. The van der Waals surface area contributed by atoms with Gasteiger partial charge in [0.1, 0.15) is 0 Å². The number of likely N-dealkylation sites (N-methyl/N-ethyl adjacent to an activating group) is 1. The highest BCUT2D eigenvalue weighted by Crippen LogP contribution is 2.60. The van der Waals surface area contributed by atoms with E-state index in [0.717, 1.165) is 13.1 Å². The third kappa shape index (κ3) is 1.88. The second-order valence-electron chi connectivity index (χ2n) is 6.34. The summed E-state index contributed by atoms with van der Waals surface area (Å²) in [4.78, 5) is 2.46. The molecule has 110 valence electrons. The summed E-state index contributed by atoms with van der Waals surface area (Å²) in [6.45, 7) is 4.49. The van der Waals surface area contributed by atoms with Crippen LogP contribution in [0.1, 0.15) is 41.5 Å². The van der Waals surface area contributed by atoms with Crippen molar-refractivity contribution in [2.24, 2.45) is 0 Å². The van der Waals surface area contributed by atoms with E-state index in [9.17, 15) is 0 Å². The Bertz CT molecular complexity index is 617. The van der Waals surface area contributed by atoms with Crippen LogP contribution in [0.3, 0.4) is 0 Å². The van der Waals surface area contributed by atoms with Gasteiger partial charge in [0, 0.05) is 17.9 Å². The molecule has 2 aliphatic rings. The van der Waals surface area contributed by atoms with Crippen LogP contribution in [0.2, 0.25) is 0 Å². The third-order valence-corrected chi connectivity index (χ3v) is 5.34. The summed E-state index contributed by atoms with van der Waals surface area (Å²) >= 11 is 0. The lowest BCUT2D eigenvalue weighted by Crippen LogP contribution is -2.37. The van der Waals surface area contributed by atoms with E-state index < -0.39 is 0 Å². The van der Waals surface area contributed by atoms with Crippen molar-refractivity contribution in [2.45, 2.75) is 24.7 Å². The van der Waals surface area contributed by atoms with Gasteiger partial charge >= 0.3 is 0 Å². The van der Waals surface area contributed by atoms with Crippen LogP contribution in [0, 0.1) is 0 Å². The van der Waals surface area contributed by atoms with E-state index in [1.165, 1.54) is 6.42 Å². The summed E-state index contributed by atoms with van der Waals surface area (Å²) in [5, 5.41) is 0. The molecule has 1 nitrogen and oxygen atoms in total. The summed E-state index contributed by atoms with van der Waals surface area (Å²) in [5.41, 5.74) is 6.50. The summed E-state index contributed by atoms with van der Waals surface area (Å²) in [6, 6.07) is 18.2. The Morgan fingerprint density at radius 1 is 1.00 bits per heavy atom. The first-order valence-electron chi connectivity index (χ1n) is 7.63. The van der Waals surface area contributed by atoms with Crippen molar-refractivity contribution in [3.05, 3.63) is 70.8 Å². The molecule has 0 fully saturated rings. The molecule has 0 N–H and O–H groups in total. The molecule has 0 aromatic heterocycles. The summed E-state index contributed by atoms with van der Waals surface area (Å²) in [6.07, 6.45) is 1.26. The molecule has 2 aliphatic carbocycles. The van der Waals surface area contributed by atoms with E-state index in [4.69, 9.17) is 0 Å². The molecule has 0 aliphatic heterocycles. The molecule has 0 saturated heterocycles. The van der Waals surface area contributed by atoms with Crippen LogP contribution < -0.4 is 0 Å². The van der Waals surface area contributed by atoms with Crippen LogP contribution in [0.4, 0.5) is 0 Å². The maximum absolute atomic E-state index is 2.46. The van der Waals surface area contributed by atoms with Crippen LogP contribution in [0.5, 0.6) is 0 Å².